The van der Waals surface area contributed by atoms with Crippen LogP contribution in [0.15, 0.2) is 0 Å². The van der Waals surface area contributed by atoms with E-state index < -0.39 is 6.16 Å². The van der Waals surface area contributed by atoms with Gasteiger partial charge in [0, 0.05) is 0 Å². The fourth-order valence-electron chi connectivity index (χ4n) is 2.50. The van der Waals surface area contributed by atoms with E-state index in [1.54, 1.807) is 0 Å². The molecule has 1 aliphatic carbocycles. The molecule has 1 rings (SSSR count). The van der Waals surface area contributed by atoms with Crippen LogP contribution in [0.25, 0.3) is 0 Å². The highest BCUT2D eigenvalue weighted by Crippen LogP contribution is 2.22. The second-order valence-corrected chi connectivity index (χ2v) is 6.41. The van der Waals surface area contributed by atoms with Crippen LogP contribution in [-0.4, -0.2) is 18.4 Å². The molecule has 0 aromatic rings. The molecule has 0 aliphatic heterocycles. The molecule has 0 N–H and O–H groups in total. The molecule has 0 aromatic carbocycles. The summed E-state index contributed by atoms with van der Waals surface area (Å²) in [5.41, 5.74) is 0. The van der Waals surface area contributed by atoms with Crippen molar-refractivity contribution in [1.82, 2.24) is 0 Å². The Labute approximate surface area is 125 Å². The first-order chi connectivity index (χ1) is 9.42. The molecule has 1 fully saturated rings. The average Bonchev–Trinajstić information content (AvgIpc) is 2.37. The number of carbonyl (C=O) groups excluding carboxylic acids is 1. The van der Waals surface area contributed by atoms with Gasteiger partial charge in [0.15, 0.2) is 0 Å². The number of rotatable bonds is 4. The highest BCUT2D eigenvalue weighted by molar-refractivity contribution is 5.60. The van der Waals surface area contributed by atoms with E-state index in [1.165, 1.54) is 12.8 Å². The molecule has 0 spiro atoms. The molecule has 3 nitrogen and oxygen atoms in total. The van der Waals surface area contributed by atoms with Crippen molar-refractivity contribution in [1.29, 1.82) is 0 Å². The first-order valence-electron chi connectivity index (χ1n) is 8.29. The lowest BCUT2D eigenvalue weighted by atomic mass is 9.96. The van der Waals surface area contributed by atoms with Gasteiger partial charge in [0.05, 0.1) is 0 Å². The van der Waals surface area contributed by atoms with Crippen molar-refractivity contribution in [3.05, 3.63) is 0 Å². The molecule has 0 atom stereocenters. The number of hydrogen-bond acceptors (Lipinski definition) is 3. The third-order valence-electron chi connectivity index (χ3n) is 3.36. The van der Waals surface area contributed by atoms with Crippen LogP contribution in [0.1, 0.15) is 80.1 Å². The topological polar surface area (TPSA) is 35.5 Å². The van der Waals surface area contributed by atoms with Gasteiger partial charge in [-0.2, -0.15) is 0 Å². The number of carbonyl (C=O) groups is 1. The second kappa shape index (κ2) is 11.0. The molecular weight excluding hydrogens is 252 g/mol. The molecule has 3 heteroatoms. The molecule has 0 bridgehead atoms. The maximum atomic E-state index is 11.7. The van der Waals surface area contributed by atoms with E-state index in [2.05, 4.69) is 41.5 Å². The normalized spacial score (nSPS) is 16.1. The van der Waals surface area contributed by atoms with Gasteiger partial charge in [-0.05, 0) is 37.5 Å². The van der Waals surface area contributed by atoms with Crippen molar-refractivity contribution in [2.45, 2.75) is 92.3 Å². The molecule has 120 valence electrons. The zero-order valence-electron chi connectivity index (χ0n) is 14.3. The zero-order chi connectivity index (χ0) is 15.5. The van der Waals surface area contributed by atoms with E-state index in [-0.39, 0.29) is 12.2 Å². The lowest BCUT2D eigenvalue weighted by Gasteiger charge is -2.27. The maximum absolute atomic E-state index is 11.7. The molecule has 0 saturated heterocycles. The van der Waals surface area contributed by atoms with Gasteiger partial charge in [-0.15, -0.1) is 0 Å². The summed E-state index contributed by atoms with van der Waals surface area (Å²) in [4.78, 5) is 11.7. The van der Waals surface area contributed by atoms with Gasteiger partial charge in [0.2, 0.25) is 0 Å². The van der Waals surface area contributed by atoms with E-state index >= 15 is 0 Å². The molecule has 20 heavy (non-hydrogen) atoms. The quantitative estimate of drug-likeness (QED) is 0.634. The molecule has 0 heterocycles. The van der Waals surface area contributed by atoms with E-state index in [1.807, 2.05) is 0 Å². The minimum absolute atomic E-state index is 0.0499. The predicted molar refractivity (Wildman–Crippen MR) is 83.9 cm³/mol. The summed E-state index contributed by atoms with van der Waals surface area (Å²) < 4.78 is 10.8. The van der Waals surface area contributed by atoms with E-state index in [9.17, 15) is 4.79 Å². The number of hydrogen-bond donors (Lipinski definition) is 0. The Hall–Kier alpha value is -0.730. The lowest BCUT2D eigenvalue weighted by molar-refractivity contribution is -0.0349. The zero-order valence-corrected chi connectivity index (χ0v) is 14.3. The van der Waals surface area contributed by atoms with Crippen LogP contribution in [-0.2, 0) is 9.47 Å². The predicted octanol–water partition coefficient (Wildman–Crippen LogP) is 5.57. The maximum Gasteiger partial charge on any atom is 0.508 e. The monoisotopic (exact) mass is 286 g/mol. The van der Waals surface area contributed by atoms with Crippen molar-refractivity contribution in [3.63, 3.8) is 0 Å². The summed E-state index contributed by atoms with van der Waals surface area (Å²) in [6.07, 6.45) is 6.36. The molecule has 0 aromatic heterocycles. The van der Waals surface area contributed by atoms with Gasteiger partial charge in [-0.1, -0.05) is 54.4 Å². The summed E-state index contributed by atoms with van der Waals surface area (Å²) in [6, 6.07) is 0. The fourth-order valence-corrected chi connectivity index (χ4v) is 2.50. The molecule has 0 amide bonds. The molecule has 1 saturated carbocycles. The van der Waals surface area contributed by atoms with Crippen LogP contribution >= 0.6 is 0 Å². The van der Waals surface area contributed by atoms with Crippen LogP contribution in [0.2, 0.25) is 0 Å². The van der Waals surface area contributed by atoms with Crippen molar-refractivity contribution < 1.29 is 14.3 Å². The van der Waals surface area contributed by atoms with Gasteiger partial charge in [-0.3, -0.25) is 0 Å². The lowest BCUT2D eigenvalue weighted by Crippen LogP contribution is -2.31. The van der Waals surface area contributed by atoms with Crippen LogP contribution in [0, 0.1) is 11.8 Å². The Morgan fingerprint density at radius 1 is 1.00 bits per heavy atom. The summed E-state index contributed by atoms with van der Waals surface area (Å²) in [5.74, 6) is 0.655. The third-order valence-corrected chi connectivity index (χ3v) is 3.36. The summed E-state index contributed by atoms with van der Waals surface area (Å²) in [7, 11) is 0. The van der Waals surface area contributed by atoms with E-state index in [0.717, 1.165) is 25.7 Å². The van der Waals surface area contributed by atoms with E-state index in [4.69, 9.17) is 9.47 Å². The minimum Gasteiger partial charge on any atom is -0.431 e. The van der Waals surface area contributed by atoms with Crippen LogP contribution in [0.3, 0.4) is 0 Å². The Morgan fingerprint density at radius 2 is 1.45 bits per heavy atom. The standard InChI is InChI=1S/C14H26O3.C3H8/c1-10(2)13(11(3)4)17-14(15)16-12-8-6-5-7-9-12;1-3-2/h10-13H,5-9H2,1-4H3;3H2,1-2H3. The van der Waals surface area contributed by atoms with Gasteiger partial charge < -0.3 is 9.47 Å². The second-order valence-electron chi connectivity index (χ2n) is 6.41. The fraction of sp³-hybridized carbons (Fsp3) is 0.941. The van der Waals surface area contributed by atoms with Gasteiger partial charge >= 0.3 is 6.16 Å². The highest BCUT2D eigenvalue weighted by atomic mass is 16.7. The summed E-state index contributed by atoms with van der Waals surface area (Å²) in [6.45, 7) is 12.5. The van der Waals surface area contributed by atoms with Gasteiger partial charge in [-0.25, -0.2) is 4.79 Å². The molecule has 0 unspecified atom stereocenters. The van der Waals surface area contributed by atoms with Crippen molar-refractivity contribution >= 4 is 6.16 Å². The van der Waals surface area contributed by atoms with Crippen molar-refractivity contribution in [2.24, 2.45) is 11.8 Å². The van der Waals surface area contributed by atoms with Gasteiger partial charge in [0.25, 0.3) is 0 Å². The first kappa shape index (κ1) is 19.3. The van der Waals surface area contributed by atoms with Crippen molar-refractivity contribution in [3.8, 4) is 0 Å². The van der Waals surface area contributed by atoms with Crippen LogP contribution in [0.4, 0.5) is 4.79 Å². The average molecular weight is 286 g/mol. The smallest absolute Gasteiger partial charge is 0.431 e. The Balaban J connectivity index is 0.00000110. The third kappa shape index (κ3) is 8.44. The molecule has 0 radical (unpaired) electrons. The highest BCUT2D eigenvalue weighted by Gasteiger charge is 2.25. The SMILES string of the molecule is CC(C)C(OC(=O)OC1CCCCC1)C(C)C.CCC. The molecule has 1 aliphatic rings. The molecular formula is C17H34O3. The first-order valence-corrected chi connectivity index (χ1v) is 8.29. The largest absolute Gasteiger partial charge is 0.508 e. The Kier molecular flexibility index (Phi) is 10.6. The minimum atomic E-state index is -0.482. The van der Waals surface area contributed by atoms with Gasteiger partial charge in [0.1, 0.15) is 12.2 Å². The van der Waals surface area contributed by atoms with E-state index in [0.29, 0.717) is 11.8 Å². The summed E-state index contributed by atoms with van der Waals surface area (Å²) in [5, 5.41) is 0. The Morgan fingerprint density at radius 3 is 1.85 bits per heavy atom. The Bertz CT molecular complexity index is 235. The van der Waals surface area contributed by atoms with Crippen LogP contribution < -0.4 is 0 Å². The summed E-state index contributed by atoms with van der Waals surface area (Å²) >= 11 is 0. The van der Waals surface area contributed by atoms with Crippen LogP contribution in [0.5, 0.6) is 0 Å². The van der Waals surface area contributed by atoms with Crippen molar-refractivity contribution in [2.75, 3.05) is 0 Å². The number of ether oxygens (including phenoxy) is 2.